The zero-order valence-corrected chi connectivity index (χ0v) is 11.9. The van der Waals surface area contributed by atoms with E-state index in [1.165, 1.54) is 11.1 Å². The van der Waals surface area contributed by atoms with Gasteiger partial charge in [-0.2, -0.15) is 0 Å². The lowest BCUT2D eigenvalue weighted by atomic mass is 10.1. The molecule has 0 saturated heterocycles. The van der Waals surface area contributed by atoms with Crippen LogP contribution >= 0.6 is 0 Å². The van der Waals surface area contributed by atoms with E-state index in [0.29, 0.717) is 11.8 Å². The van der Waals surface area contributed by atoms with Crippen molar-refractivity contribution in [3.8, 4) is 0 Å². The van der Waals surface area contributed by atoms with Gasteiger partial charge in [0, 0.05) is 19.0 Å². The summed E-state index contributed by atoms with van der Waals surface area (Å²) < 4.78 is 0. The second-order valence-corrected chi connectivity index (χ2v) is 5.44. The van der Waals surface area contributed by atoms with E-state index < -0.39 is 0 Å². The van der Waals surface area contributed by atoms with Gasteiger partial charge in [-0.3, -0.25) is 4.79 Å². The maximum absolute atomic E-state index is 12.2. The molecule has 19 heavy (non-hydrogen) atoms. The predicted molar refractivity (Wildman–Crippen MR) is 79.7 cm³/mol. The van der Waals surface area contributed by atoms with Gasteiger partial charge in [0.15, 0.2) is 0 Å². The largest absolute Gasteiger partial charge is 0.338 e. The highest BCUT2D eigenvalue weighted by Crippen LogP contribution is 2.31. The van der Waals surface area contributed by atoms with Gasteiger partial charge in [0.05, 0.1) is 0 Å². The number of benzene rings is 1. The van der Waals surface area contributed by atoms with Crippen LogP contribution in [0, 0.1) is 5.92 Å². The molecule has 1 aromatic carbocycles. The van der Waals surface area contributed by atoms with Crippen molar-refractivity contribution in [2.24, 2.45) is 5.92 Å². The maximum Gasteiger partial charge on any atom is 0.225 e. The number of carbonyl (C=O) groups is 1. The van der Waals surface area contributed by atoms with Gasteiger partial charge in [-0.15, -0.1) is 0 Å². The number of hydrogen-bond donors (Lipinski definition) is 0. The molecule has 0 heterocycles. The average Bonchev–Trinajstić information content (AvgIpc) is 3.23. The molecule has 2 rings (SSSR count). The summed E-state index contributed by atoms with van der Waals surface area (Å²) in [4.78, 5) is 14.2. The third-order valence-corrected chi connectivity index (χ3v) is 3.38. The van der Waals surface area contributed by atoms with Crippen molar-refractivity contribution < 1.29 is 4.79 Å². The van der Waals surface area contributed by atoms with Crippen LogP contribution in [0.4, 0.5) is 0 Å². The fourth-order valence-electron chi connectivity index (χ4n) is 2.31. The van der Waals surface area contributed by atoms with E-state index in [0.717, 1.165) is 32.4 Å². The van der Waals surface area contributed by atoms with Crippen molar-refractivity contribution in [2.75, 3.05) is 13.1 Å². The second-order valence-electron chi connectivity index (χ2n) is 5.44. The Hall–Kier alpha value is -1.57. The molecule has 1 aromatic rings. The summed E-state index contributed by atoms with van der Waals surface area (Å²) in [5, 5.41) is 0. The molecule has 0 atom stereocenters. The summed E-state index contributed by atoms with van der Waals surface area (Å²) in [6.45, 7) is 5.87. The third kappa shape index (κ3) is 4.23. The number of hydrogen-bond acceptors (Lipinski definition) is 1. The van der Waals surface area contributed by atoms with Crippen molar-refractivity contribution in [3.63, 3.8) is 0 Å². The second kappa shape index (κ2) is 6.55. The number of rotatable bonds is 6. The monoisotopic (exact) mass is 257 g/mol. The van der Waals surface area contributed by atoms with Crippen LogP contribution in [0.5, 0.6) is 0 Å². The summed E-state index contributed by atoms with van der Waals surface area (Å²) in [6.07, 6.45) is 5.36. The molecule has 1 fully saturated rings. The minimum atomic E-state index is 0.316. The molecule has 2 heteroatoms. The minimum absolute atomic E-state index is 0.316. The highest BCUT2D eigenvalue weighted by Gasteiger charge is 2.32. The molecule has 1 amide bonds. The van der Waals surface area contributed by atoms with E-state index >= 15 is 0 Å². The van der Waals surface area contributed by atoms with Gasteiger partial charge in [0.1, 0.15) is 0 Å². The third-order valence-electron chi connectivity index (χ3n) is 3.38. The first-order valence-electron chi connectivity index (χ1n) is 7.21. The van der Waals surface area contributed by atoms with E-state index in [4.69, 9.17) is 0 Å². The quantitative estimate of drug-likeness (QED) is 0.760. The molecule has 2 nitrogen and oxygen atoms in total. The Kier molecular flexibility index (Phi) is 4.78. The van der Waals surface area contributed by atoms with E-state index in [-0.39, 0.29) is 0 Å². The molecule has 0 spiro atoms. The van der Waals surface area contributed by atoms with Crippen molar-refractivity contribution in [1.82, 2.24) is 4.90 Å². The standard InChI is InChI=1S/C17H23NO/c1-3-11-18(17(19)16-9-10-16)13-14(2)12-15-7-5-4-6-8-15/h4-8,12,16H,3,9-11,13H2,1-2H3/b14-12-. The number of amides is 1. The normalized spacial score (nSPS) is 15.4. The summed E-state index contributed by atoms with van der Waals surface area (Å²) in [7, 11) is 0. The first-order chi connectivity index (χ1) is 9.20. The topological polar surface area (TPSA) is 20.3 Å². The molecule has 0 bridgehead atoms. The Balaban J connectivity index is 1.99. The van der Waals surface area contributed by atoms with Crippen molar-refractivity contribution >= 4 is 12.0 Å². The minimum Gasteiger partial charge on any atom is -0.338 e. The van der Waals surface area contributed by atoms with Crippen molar-refractivity contribution in [3.05, 3.63) is 41.5 Å². The van der Waals surface area contributed by atoms with Crippen LogP contribution in [0.2, 0.25) is 0 Å². The lowest BCUT2D eigenvalue weighted by Crippen LogP contribution is -2.34. The molecule has 0 unspecified atom stereocenters. The Labute approximate surface area is 116 Å². The molecule has 1 aliphatic rings. The highest BCUT2D eigenvalue weighted by atomic mass is 16.2. The molecule has 0 N–H and O–H groups in total. The van der Waals surface area contributed by atoms with Gasteiger partial charge in [0.25, 0.3) is 0 Å². The molecular formula is C17H23NO. The fraction of sp³-hybridized carbons (Fsp3) is 0.471. The Bertz CT molecular complexity index is 446. The molecule has 1 saturated carbocycles. The van der Waals surface area contributed by atoms with E-state index in [9.17, 15) is 4.79 Å². The van der Waals surface area contributed by atoms with Gasteiger partial charge in [0.2, 0.25) is 5.91 Å². The first kappa shape index (κ1) is 13.9. The van der Waals surface area contributed by atoms with Crippen LogP contribution in [0.25, 0.3) is 6.08 Å². The molecule has 102 valence electrons. The van der Waals surface area contributed by atoms with Crippen molar-refractivity contribution in [1.29, 1.82) is 0 Å². The SMILES string of the molecule is CCCN(C/C(C)=C\c1ccccc1)C(=O)C1CC1. The van der Waals surface area contributed by atoms with Crippen LogP contribution in [-0.2, 0) is 4.79 Å². The predicted octanol–water partition coefficient (Wildman–Crippen LogP) is 3.74. The molecule has 1 aliphatic carbocycles. The van der Waals surface area contributed by atoms with Crippen LogP contribution < -0.4 is 0 Å². The van der Waals surface area contributed by atoms with Gasteiger partial charge >= 0.3 is 0 Å². The summed E-state index contributed by atoms with van der Waals surface area (Å²) in [5.41, 5.74) is 2.45. The van der Waals surface area contributed by atoms with E-state index in [1.807, 2.05) is 23.1 Å². The summed E-state index contributed by atoms with van der Waals surface area (Å²) >= 11 is 0. The van der Waals surface area contributed by atoms with Crippen LogP contribution in [0.1, 0.15) is 38.7 Å². The smallest absolute Gasteiger partial charge is 0.225 e. The highest BCUT2D eigenvalue weighted by molar-refractivity contribution is 5.81. The number of carbonyl (C=O) groups excluding carboxylic acids is 1. The number of nitrogens with zero attached hydrogens (tertiary/aromatic N) is 1. The van der Waals surface area contributed by atoms with E-state index in [1.54, 1.807) is 0 Å². The van der Waals surface area contributed by atoms with E-state index in [2.05, 4.69) is 32.1 Å². The molecular weight excluding hydrogens is 234 g/mol. The van der Waals surface area contributed by atoms with Gasteiger partial charge in [-0.25, -0.2) is 0 Å². The van der Waals surface area contributed by atoms with Crippen molar-refractivity contribution in [2.45, 2.75) is 33.1 Å². The molecule has 0 aliphatic heterocycles. The Morgan fingerprint density at radius 3 is 2.58 bits per heavy atom. The van der Waals surface area contributed by atoms with Crippen LogP contribution in [0.15, 0.2) is 35.9 Å². The summed E-state index contributed by atoms with van der Waals surface area (Å²) in [5.74, 6) is 0.665. The van der Waals surface area contributed by atoms with Gasteiger partial charge < -0.3 is 4.90 Å². The Morgan fingerprint density at radius 1 is 1.32 bits per heavy atom. The lowest BCUT2D eigenvalue weighted by Gasteiger charge is -2.22. The molecule has 0 aromatic heterocycles. The van der Waals surface area contributed by atoms with Gasteiger partial charge in [-0.1, -0.05) is 48.9 Å². The van der Waals surface area contributed by atoms with Crippen LogP contribution in [-0.4, -0.2) is 23.9 Å². The zero-order chi connectivity index (χ0) is 13.7. The lowest BCUT2D eigenvalue weighted by molar-refractivity contribution is -0.132. The maximum atomic E-state index is 12.2. The fourth-order valence-corrected chi connectivity index (χ4v) is 2.31. The van der Waals surface area contributed by atoms with Crippen LogP contribution in [0.3, 0.4) is 0 Å². The Morgan fingerprint density at radius 2 is 2.00 bits per heavy atom. The summed E-state index contributed by atoms with van der Waals surface area (Å²) in [6, 6.07) is 10.3. The zero-order valence-electron chi connectivity index (χ0n) is 11.9. The van der Waals surface area contributed by atoms with Gasteiger partial charge in [-0.05, 0) is 31.7 Å². The first-order valence-corrected chi connectivity index (χ1v) is 7.21. The average molecular weight is 257 g/mol. The molecule has 0 radical (unpaired) electrons.